The fourth-order valence-electron chi connectivity index (χ4n) is 1.58. The Morgan fingerprint density at radius 3 is 1.95 bits per heavy atom. The lowest BCUT2D eigenvalue weighted by molar-refractivity contribution is 0.0879. The van der Waals surface area contributed by atoms with Crippen molar-refractivity contribution in [1.82, 2.24) is 5.32 Å². The highest BCUT2D eigenvalue weighted by atomic mass is 16.3. The molecule has 0 unspecified atom stereocenters. The highest BCUT2D eigenvalue weighted by Gasteiger charge is 2.26. The molecular weight excluding hydrogens is 246 g/mol. The molecule has 0 spiro atoms. The lowest BCUT2D eigenvalue weighted by atomic mass is 10.1. The van der Waals surface area contributed by atoms with Crippen LogP contribution in [0, 0.1) is 0 Å². The van der Waals surface area contributed by atoms with E-state index in [0.717, 1.165) is 0 Å². The number of fused-ring (bicyclic) bond motifs is 1. The van der Waals surface area contributed by atoms with Gasteiger partial charge in [0.25, 0.3) is 11.8 Å². The number of aromatic hydroxyl groups is 2. The molecule has 2 aromatic rings. The van der Waals surface area contributed by atoms with Gasteiger partial charge in [0.15, 0.2) is 0 Å². The van der Waals surface area contributed by atoms with Crippen LogP contribution < -0.4 is 5.32 Å². The summed E-state index contributed by atoms with van der Waals surface area (Å²) in [7, 11) is 0. The van der Waals surface area contributed by atoms with Gasteiger partial charge in [-0.1, -0.05) is 18.2 Å². The Morgan fingerprint density at radius 1 is 0.737 bits per heavy atom. The van der Waals surface area contributed by atoms with Crippen LogP contribution >= 0.6 is 0 Å². The smallest absolute Gasteiger partial charge is 0.259 e. The zero-order valence-corrected chi connectivity index (χ0v) is 9.83. The molecule has 3 rings (SSSR count). The van der Waals surface area contributed by atoms with Gasteiger partial charge in [0, 0.05) is 0 Å². The molecular formula is C14H11NO4. The van der Waals surface area contributed by atoms with Crippen LogP contribution in [0.25, 0.3) is 0 Å². The van der Waals surface area contributed by atoms with Crippen LogP contribution in [0.2, 0.25) is 0 Å². The Morgan fingerprint density at radius 2 is 1.37 bits per heavy atom. The number of hydrogen-bond donors (Lipinski definition) is 3. The maximum Gasteiger partial charge on any atom is 0.259 e. The fraction of sp³-hybridized carbons (Fsp3) is 0. The highest BCUT2D eigenvalue weighted by Crippen LogP contribution is 2.20. The zero-order valence-electron chi connectivity index (χ0n) is 9.83. The molecule has 0 saturated heterocycles. The number of hydrogen-bond acceptors (Lipinski definition) is 4. The fourth-order valence-corrected chi connectivity index (χ4v) is 1.58. The number of phenols is 2. The molecule has 0 saturated carbocycles. The van der Waals surface area contributed by atoms with Crippen LogP contribution in [0.5, 0.6) is 11.5 Å². The summed E-state index contributed by atoms with van der Waals surface area (Å²) in [5, 5.41) is 19.8. The van der Waals surface area contributed by atoms with Crippen LogP contribution in [0.1, 0.15) is 20.7 Å². The van der Waals surface area contributed by atoms with E-state index >= 15 is 0 Å². The summed E-state index contributed by atoms with van der Waals surface area (Å²) in [5.74, 6) is -0.554. The second kappa shape index (κ2) is 5.22. The molecule has 1 aliphatic heterocycles. The van der Waals surface area contributed by atoms with Crippen molar-refractivity contribution in [2.75, 3.05) is 0 Å². The van der Waals surface area contributed by atoms with Crippen LogP contribution in [-0.2, 0) is 0 Å². The first-order valence-electron chi connectivity index (χ1n) is 5.50. The van der Waals surface area contributed by atoms with E-state index in [1.54, 1.807) is 24.3 Å². The molecule has 0 fully saturated rings. The summed E-state index contributed by atoms with van der Waals surface area (Å²) in [6.07, 6.45) is 0. The van der Waals surface area contributed by atoms with Gasteiger partial charge in [-0.15, -0.1) is 0 Å². The Hall–Kier alpha value is -2.82. The molecule has 19 heavy (non-hydrogen) atoms. The molecule has 0 atom stereocenters. The van der Waals surface area contributed by atoms with Crippen LogP contribution in [0.3, 0.4) is 0 Å². The number of para-hydroxylation sites is 1. The predicted octanol–water partition coefficient (Wildman–Crippen LogP) is 1.67. The third kappa shape index (κ3) is 2.90. The van der Waals surface area contributed by atoms with Gasteiger partial charge < -0.3 is 10.2 Å². The Balaban J connectivity index is 0.000000163. The molecule has 2 amide bonds. The average molecular weight is 257 g/mol. The van der Waals surface area contributed by atoms with Gasteiger partial charge in [0.1, 0.15) is 11.5 Å². The van der Waals surface area contributed by atoms with Crippen molar-refractivity contribution in [3.05, 3.63) is 59.7 Å². The van der Waals surface area contributed by atoms with E-state index in [1.807, 2.05) is 6.07 Å². The lowest BCUT2D eigenvalue weighted by Crippen LogP contribution is -2.19. The molecule has 1 aliphatic rings. The van der Waals surface area contributed by atoms with E-state index in [9.17, 15) is 9.59 Å². The van der Waals surface area contributed by atoms with Gasteiger partial charge in [0.05, 0.1) is 11.1 Å². The largest absolute Gasteiger partial charge is 0.508 e. The number of nitrogens with one attached hydrogen (secondary N) is 1. The third-order valence-corrected chi connectivity index (χ3v) is 2.48. The standard InChI is InChI=1S/C8H5NO3.C6H6O/c10-4-1-2-5-6(3-4)8(12)9-7(5)11;7-6-4-2-1-3-5-6/h1-3,10H,(H,9,11,12);1-5,7H. The summed E-state index contributed by atoms with van der Waals surface area (Å²) >= 11 is 0. The third-order valence-electron chi connectivity index (χ3n) is 2.48. The maximum absolute atomic E-state index is 11.0. The van der Waals surface area contributed by atoms with E-state index in [-0.39, 0.29) is 11.3 Å². The van der Waals surface area contributed by atoms with Crippen molar-refractivity contribution < 1.29 is 19.8 Å². The number of imide groups is 1. The Bertz CT molecular complexity index is 623. The second-order valence-electron chi connectivity index (χ2n) is 3.85. The van der Waals surface area contributed by atoms with E-state index in [2.05, 4.69) is 5.32 Å². The first-order chi connectivity index (χ1) is 9.08. The SMILES string of the molecule is O=C1NC(=O)c2cc(O)ccc21.Oc1ccccc1. The van der Waals surface area contributed by atoms with E-state index < -0.39 is 11.8 Å². The molecule has 5 heteroatoms. The van der Waals surface area contributed by atoms with Crippen molar-refractivity contribution >= 4 is 11.8 Å². The molecule has 2 aromatic carbocycles. The zero-order chi connectivity index (χ0) is 13.8. The number of carbonyl (C=O) groups excluding carboxylic acids is 2. The minimum absolute atomic E-state index is 0.0152. The first kappa shape index (κ1) is 12.6. The second-order valence-corrected chi connectivity index (χ2v) is 3.85. The minimum atomic E-state index is -0.453. The van der Waals surface area contributed by atoms with Gasteiger partial charge in [-0.2, -0.15) is 0 Å². The monoisotopic (exact) mass is 257 g/mol. The molecule has 1 heterocycles. The lowest BCUT2D eigenvalue weighted by Gasteiger charge is -1.93. The van der Waals surface area contributed by atoms with Crippen LogP contribution in [0.4, 0.5) is 0 Å². The van der Waals surface area contributed by atoms with Gasteiger partial charge in [-0.3, -0.25) is 14.9 Å². The average Bonchev–Trinajstić information content (AvgIpc) is 2.66. The number of amides is 2. The molecule has 0 bridgehead atoms. The maximum atomic E-state index is 11.0. The van der Waals surface area contributed by atoms with Crippen molar-refractivity contribution in [2.24, 2.45) is 0 Å². The number of phenolic OH excluding ortho intramolecular Hbond substituents is 2. The molecule has 5 nitrogen and oxygen atoms in total. The molecule has 0 aliphatic carbocycles. The van der Waals surface area contributed by atoms with Crippen molar-refractivity contribution in [3.8, 4) is 11.5 Å². The van der Waals surface area contributed by atoms with Crippen LogP contribution in [0.15, 0.2) is 48.5 Å². The Kier molecular flexibility index (Phi) is 3.47. The Labute approximate surface area is 109 Å². The van der Waals surface area contributed by atoms with Crippen LogP contribution in [-0.4, -0.2) is 22.0 Å². The van der Waals surface area contributed by atoms with Crippen molar-refractivity contribution in [2.45, 2.75) is 0 Å². The molecule has 0 radical (unpaired) electrons. The number of rotatable bonds is 0. The van der Waals surface area contributed by atoms with Gasteiger partial charge in [-0.05, 0) is 30.3 Å². The van der Waals surface area contributed by atoms with E-state index in [1.165, 1.54) is 18.2 Å². The summed E-state index contributed by atoms with van der Waals surface area (Å²) in [6, 6.07) is 12.8. The van der Waals surface area contributed by atoms with Gasteiger partial charge >= 0.3 is 0 Å². The van der Waals surface area contributed by atoms with E-state index in [0.29, 0.717) is 11.3 Å². The molecule has 96 valence electrons. The van der Waals surface area contributed by atoms with E-state index in [4.69, 9.17) is 10.2 Å². The van der Waals surface area contributed by atoms with Gasteiger partial charge in [0.2, 0.25) is 0 Å². The summed E-state index contributed by atoms with van der Waals surface area (Å²) < 4.78 is 0. The number of carbonyl (C=O) groups is 2. The topological polar surface area (TPSA) is 86.6 Å². The van der Waals surface area contributed by atoms with Gasteiger partial charge in [-0.25, -0.2) is 0 Å². The van der Waals surface area contributed by atoms with Crippen molar-refractivity contribution in [3.63, 3.8) is 0 Å². The molecule has 3 N–H and O–H groups in total. The first-order valence-corrected chi connectivity index (χ1v) is 5.50. The quantitative estimate of drug-likeness (QED) is 0.626. The summed E-state index contributed by atoms with van der Waals surface area (Å²) in [6.45, 7) is 0. The predicted molar refractivity (Wildman–Crippen MR) is 68.0 cm³/mol. The number of benzene rings is 2. The van der Waals surface area contributed by atoms with Crippen molar-refractivity contribution in [1.29, 1.82) is 0 Å². The summed E-state index contributed by atoms with van der Waals surface area (Å²) in [4.78, 5) is 22.0. The highest BCUT2D eigenvalue weighted by molar-refractivity contribution is 6.21. The minimum Gasteiger partial charge on any atom is -0.508 e. The molecule has 0 aromatic heterocycles. The summed E-state index contributed by atoms with van der Waals surface area (Å²) in [5.41, 5.74) is 0.554. The normalized spacial score (nSPS) is 12.2.